The summed E-state index contributed by atoms with van der Waals surface area (Å²) in [6, 6.07) is 11.2. The zero-order chi connectivity index (χ0) is 18.3. The molecule has 4 heteroatoms. The van der Waals surface area contributed by atoms with Crippen LogP contribution in [-0.2, 0) is 10.3 Å². The minimum absolute atomic E-state index is 0.0134. The largest absolute Gasteiger partial charge is 0.444 e. The minimum atomic E-state index is -0.443. The topological polar surface area (TPSA) is 41.6 Å². The maximum absolute atomic E-state index is 12.4. The number of amides is 1. The van der Waals surface area contributed by atoms with E-state index in [1.165, 1.54) is 18.4 Å². The van der Waals surface area contributed by atoms with Gasteiger partial charge in [0.1, 0.15) is 5.60 Å². The molecule has 1 aromatic rings. The van der Waals surface area contributed by atoms with E-state index in [0.717, 1.165) is 19.5 Å². The van der Waals surface area contributed by atoms with E-state index >= 15 is 0 Å². The van der Waals surface area contributed by atoms with Gasteiger partial charge in [-0.15, -0.1) is 0 Å². The lowest BCUT2D eigenvalue weighted by Crippen LogP contribution is -2.58. The van der Waals surface area contributed by atoms with Crippen LogP contribution in [0, 0.1) is 5.41 Å². The van der Waals surface area contributed by atoms with Crippen molar-refractivity contribution in [3.05, 3.63) is 35.9 Å². The van der Waals surface area contributed by atoms with E-state index in [9.17, 15) is 4.79 Å². The van der Waals surface area contributed by atoms with Crippen LogP contribution in [0.15, 0.2) is 30.3 Å². The Bertz CT molecular complexity index is 615. The van der Waals surface area contributed by atoms with Crippen molar-refractivity contribution >= 4 is 6.09 Å². The number of hydrogen-bond acceptors (Lipinski definition) is 3. The molecule has 0 unspecified atom stereocenters. The summed E-state index contributed by atoms with van der Waals surface area (Å²) in [5.74, 6) is 0. The molecule has 1 N–H and O–H groups in total. The van der Waals surface area contributed by atoms with Crippen LogP contribution in [0.1, 0.15) is 59.4 Å². The Balaban J connectivity index is 1.65. The van der Waals surface area contributed by atoms with Gasteiger partial charge in [-0.05, 0) is 51.0 Å². The van der Waals surface area contributed by atoms with Crippen molar-refractivity contribution in [1.29, 1.82) is 0 Å². The van der Waals surface area contributed by atoms with Crippen molar-refractivity contribution in [2.75, 3.05) is 13.1 Å². The Morgan fingerprint density at radius 2 is 1.84 bits per heavy atom. The van der Waals surface area contributed by atoms with Crippen molar-refractivity contribution in [3.63, 3.8) is 0 Å². The van der Waals surface area contributed by atoms with E-state index in [2.05, 4.69) is 49.5 Å². The summed E-state index contributed by atoms with van der Waals surface area (Å²) in [7, 11) is 0. The number of nitrogens with one attached hydrogen (secondary N) is 1. The zero-order valence-electron chi connectivity index (χ0n) is 16.3. The van der Waals surface area contributed by atoms with Gasteiger partial charge in [-0.1, -0.05) is 44.2 Å². The summed E-state index contributed by atoms with van der Waals surface area (Å²) < 4.78 is 5.55. The molecule has 1 amide bonds. The highest BCUT2D eigenvalue weighted by atomic mass is 16.6. The van der Waals surface area contributed by atoms with Gasteiger partial charge < -0.3 is 15.0 Å². The average molecular weight is 344 g/mol. The molecule has 1 saturated heterocycles. The number of piperidine rings is 1. The third kappa shape index (κ3) is 4.17. The standard InChI is InChI=1S/C21H32N2O2/c1-19(2,3)25-18(24)23-14-11-17(20(4,5)15-23)22-21(12-13-21)16-9-7-6-8-10-16/h6-10,17,22H,11-15H2,1-5H3/t17-/m1/s1. The van der Waals surface area contributed by atoms with E-state index < -0.39 is 5.60 Å². The molecule has 0 bridgehead atoms. The molecule has 2 aliphatic rings. The van der Waals surface area contributed by atoms with E-state index in [1.807, 2.05) is 25.7 Å². The van der Waals surface area contributed by atoms with Gasteiger partial charge in [0.2, 0.25) is 0 Å². The zero-order valence-corrected chi connectivity index (χ0v) is 16.3. The summed E-state index contributed by atoms with van der Waals surface area (Å²) in [4.78, 5) is 14.3. The van der Waals surface area contributed by atoms with E-state index in [1.54, 1.807) is 0 Å². The molecule has 1 atom stereocenters. The van der Waals surface area contributed by atoms with Gasteiger partial charge in [-0.25, -0.2) is 4.79 Å². The molecule has 1 heterocycles. The van der Waals surface area contributed by atoms with Gasteiger partial charge >= 0.3 is 6.09 Å². The molecule has 1 saturated carbocycles. The van der Waals surface area contributed by atoms with Crippen LogP contribution in [0.4, 0.5) is 4.79 Å². The van der Waals surface area contributed by atoms with Crippen molar-refractivity contribution in [2.24, 2.45) is 5.41 Å². The summed E-state index contributed by atoms with van der Waals surface area (Å²) >= 11 is 0. The van der Waals surface area contributed by atoms with Crippen LogP contribution >= 0.6 is 0 Å². The number of nitrogens with zero attached hydrogens (tertiary/aromatic N) is 1. The normalized spacial score (nSPS) is 24.7. The predicted octanol–water partition coefficient (Wildman–Crippen LogP) is 4.30. The number of carbonyl (C=O) groups is 1. The van der Waals surface area contributed by atoms with Crippen molar-refractivity contribution in [2.45, 2.75) is 71.1 Å². The number of carbonyl (C=O) groups excluding carboxylic acids is 1. The van der Waals surface area contributed by atoms with Gasteiger partial charge in [0.15, 0.2) is 0 Å². The molecule has 2 fully saturated rings. The highest BCUT2D eigenvalue weighted by Gasteiger charge is 2.49. The molecule has 138 valence electrons. The Labute approximate surface area is 151 Å². The fraction of sp³-hybridized carbons (Fsp3) is 0.667. The Morgan fingerprint density at radius 1 is 1.20 bits per heavy atom. The molecule has 1 aliphatic carbocycles. The van der Waals surface area contributed by atoms with Crippen LogP contribution in [0.3, 0.4) is 0 Å². The van der Waals surface area contributed by atoms with Crippen LogP contribution < -0.4 is 5.32 Å². The van der Waals surface area contributed by atoms with Crippen LogP contribution in [0.2, 0.25) is 0 Å². The molecule has 4 nitrogen and oxygen atoms in total. The van der Waals surface area contributed by atoms with Crippen LogP contribution in [0.5, 0.6) is 0 Å². The first-order valence-corrected chi connectivity index (χ1v) is 9.43. The van der Waals surface area contributed by atoms with Gasteiger partial charge in [0.05, 0.1) is 0 Å². The quantitative estimate of drug-likeness (QED) is 0.889. The predicted molar refractivity (Wildman–Crippen MR) is 100 cm³/mol. The lowest BCUT2D eigenvalue weighted by atomic mass is 9.78. The smallest absolute Gasteiger partial charge is 0.410 e. The first-order valence-electron chi connectivity index (χ1n) is 9.43. The lowest BCUT2D eigenvalue weighted by molar-refractivity contribution is 0.000674. The Morgan fingerprint density at radius 3 is 2.36 bits per heavy atom. The third-order valence-corrected chi connectivity index (χ3v) is 5.41. The number of hydrogen-bond donors (Lipinski definition) is 1. The number of rotatable bonds is 3. The van der Waals surface area contributed by atoms with Crippen LogP contribution in [-0.4, -0.2) is 35.7 Å². The molecular formula is C21H32N2O2. The second-order valence-corrected chi connectivity index (χ2v) is 9.32. The molecule has 0 spiro atoms. The number of likely N-dealkylation sites (tertiary alicyclic amines) is 1. The van der Waals surface area contributed by atoms with Gasteiger partial charge in [0.25, 0.3) is 0 Å². The van der Waals surface area contributed by atoms with Gasteiger partial charge in [-0.3, -0.25) is 0 Å². The molecule has 0 radical (unpaired) electrons. The summed E-state index contributed by atoms with van der Waals surface area (Å²) in [5, 5.41) is 3.94. The van der Waals surface area contributed by atoms with Gasteiger partial charge in [0, 0.05) is 24.7 Å². The monoisotopic (exact) mass is 344 g/mol. The fourth-order valence-electron chi connectivity index (χ4n) is 3.84. The van der Waals surface area contributed by atoms with Gasteiger partial charge in [-0.2, -0.15) is 0 Å². The van der Waals surface area contributed by atoms with E-state index in [4.69, 9.17) is 4.74 Å². The third-order valence-electron chi connectivity index (χ3n) is 5.41. The molecule has 25 heavy (non-hydrogen) atoms. The van der Waals surface area contributed by atoms with E-state index in [0.29, 0.717) is 6.04 Å². The summed E-state index contributed by atoms with van der Waals surface area (Å²) in [5.41, 5.74) is 1.10. The summed E-state index contributed by atoms with van der Waals surface area (Å²) in [6.45, 7) is 11.7. The maximum atomic E-state index is 12.4. The van der Waals surface area contributed by atoms with Crippen molar-refractivity contribution in [3.8, 4) is 0 Å². The molecule has 3 rings (SSSR count). The minimum Gasteiger partial charge on any atom is -0.444 e. The first kappa shape index (κ1) is 18.2. The molecular weight excluding hydrogens is 312 g/mol. The summed E-state index contributed by atoms with van der Waals surface area (Å²) in [6.07, 6.45) is 3.16. The molecule has 1 aliphatic heterocycles. The first-order chi connectivity index (χ1) is 11.6. The fourth-order valence-corrected chi connectivity index (χ4v) is 3.84. The second kappa shape index (κ2) is 6.31. The molecule has 1 aromatic carbocycles. The second-order valence-electron chi connectivity index (χ2n) is 9.32. The maximum Gasteiger partial charge on any atom is 0.410 e. The SMILES string of the molecule is CC(C)(C)OC(=O)N1CC[C@@H](NC2(c3ccccc3)CC2)C(C)(C)C1. The van der Waals surface area contributed by atoms with Crippen molar-refractivity contribution in [1.82, 2.24) is 10.2 Å². The Kier molecular flexibility index (Phi) is 4.61. The van der Waals surface area contributed by atoms with E-state index in [-0.39, 0.29) is 17.0 Å². The molecule has 0 aromatic heterocycles. The van der Waals surface area contributed by atoms with Crippen molar-refractivity contribution < 1.29 is 9.53 Å². The Hall–Kier alpha value is -1.55. The van der Waals surface area contributed by atoms with Crippen LogP contribution in [0.25, 0.3) is 0 Å². The number of benzene rings is 1. The lowest BCUT2D eigenvalue weighted by Gasteiger charge is -2.46. The number of ether oxygens (including phenoxy) is 1. The highest BCUT2D eigenvalue weighted by Crippen LogP contribution is 2.47. The highest BCUT2D eigenvalue weighted by molar-refractivity contribution is 5.68. The average Bonchev–Trinajstić information content (AvgIpc) is 3.29.